The van der Waals surface area contributed by atoms with Crippen LogP contribution in [0, 0.1) is 0 Å². The Morgan fingerprint density at radius 2 is 2.24 bits per heavy atom. The van der Waals surface area contributed by atoms with Crippen molar-refractivity contribution in [1.29, 1.82) is 0 Å². The molecule has 0 saturated carbocycles. The number of methoxy groups -OCH3 is 1. The minimum absolute atomic E-state index is 0.0799. The molecule has 1 aliphatic heterocycles. The van der Waals surface area contributed by atoms with Gasteiger partial charge in [-0.1, -0.05) is 6.92 Å². The Morgan fingerprint density at radius 1 is 1.52 bits per heavy atom. The maximum absolute atomic E-state index is 11.4. The second kappa shape index (κ2) is 6.05. The fourth-order valence-electron chi connectivity index (χ4n) is 2.20. The van der Waals surface area contributed by atoms with Gasteiger partial charge in [0.1, 0.15) is 17.1 Å². The first-order valence-electron chi connectivity index (χ1n) is 6.54. The predicted octanol–water partition coefficient (Wildman–Crippen LogP) is 0.243. The number of amides is 1. The molecule has 1 aromatic carbocycles. The number of carboxylic acid groups (broad SMARTS) is 1. The van der Waals surface area contributed by atoms with E-state index in [9.17, 15) is 19.7 Å². The van der Waals surface area contributed by atoms with Crippen molar-refractivity contribution >= 4 is 19.0 Å². The third-order valence-electron chi connectivity index (χ3n) is 3.30. The number of ether oxygens (including phenoxy) is 1. The Labute approximate surface area is 122 Å². The van der Waals surface area contributed by atoms with E-state index >= 15 is 0 Å². The Morgan fingerprint density at radius 3 is 2.81 bits per heavy atom. The first-order chi connectivity index (χ1) is 9.96. The SMILES string of the molecule is CCC(=O)NC1Cc2cc(OC)cc(C(=O)O)c2OB1O. The Balaban J connectivity index is 2.36. The highest BCUT2D eigenvalue weighted by Crippen LogP contribution is 2.34. The van der Waals surface area contributed by atoms with Gasteiger partial charge in [0, 0.05) is 6.42 Å². The quantitative estimate of drug-likeness (QED) is 0.687. The van der Waals surface area contributed by atoms with Crippen molar-refractivity contribution in [2.24, 2.45) is 0 Å². The fourth-order valence-corrected chi connectivity index (χ4v) is 2.20. The van der Waals surface area contributed by atoms with Gasteiger partial charge in [-0.2, -0.15) is 0 Å². The van der Waals surface area contributed by atoms with Crippen LogP contribution in [0.15, 0.2) is 12.1 Å². The number of nitrogens with one attached hydrogen (secondary N) is 1. The summed E-state index contributed by atoms with van der Waals surface area (Å²) in [6.45, 7) is 1.70. The molecule has 1 heterocycles. The molecule has 7 nitrogen and oxygen atoms in total. The van der Waals surface area contributed by atoms with Crippen molar-refractivity contribution in [1.82, 2.24) is 5.32 Å². The van der Waals surface area contributed by atoms with Gasteiger partial charge in [-0.25, -0.2) is 4.79 Å². The average Bonchev–Trinajstić information content (AvgIpc) is 2.46. The van der Waals surface area contributed by atoms with Crippen LogP contribution in [0.3, 0.4) is 0 Å². The third kappa shape index (κ3) is 3.10. The number of hydrogen-bond acceptors (Lipinski definition) is 5. The first-order valence-corrected chi connectivity index (χ1v) is 6.54. The maximum atomic E-state index is 11.4. The molecule has 112 valence electrons. The molecule has 0 bridgehead atoms. The molecular formula is C13H16BNO6. The molecule has 3 N–H and O–H groups in total. The van der Waals surface area contributed by atoms with E-state index in [1.54, 1.807) is 13.0 Å². The normalized spacial score (nSPS) is 16.7. The smallest absolute Gasteiger partial charge is 0.534 e. The van der Waals surface area contributed by atoms with Gasteiger partial charge in [-0.3, -0.25) is 4.79 Å². The summed E-state index contributed by atoms with van der Waals surface area (Å²) >= 11 is 0. The number of rotatable bonds is 4. The molecule has 8 heteroatoms. The molecule has 0 aliphatic carbocycles. The molecule has 1 unspecified atom stereocenters. The molecule has 1 aromatic rings. The van der Waals surface area contributed by atoms with Gasteiger partial charge in [0.25, 0.3) is 0 Å². The van der Waals surface area contributed by atoms with Crippen LogP contribution in [-0.4, -0.2) is 42.2 Å². The Kier molecular flexibility index (Phi) is 4.37. The van der Waals surface area contributed by atoms with Crippen molar-refractivity contribution in [3.63, 3.8) is 0 Å². The second-order valence-corrected chi connectivity index (χ2v) is 4.71. The van der Waals surface area contributed by atoms with Gasteiger partial charge in [-0.05, 0) is 24.1 Å². The van der Waals surface area contributed by atoms with Crippen molar-refractivity contribution in [3.8, 4) is 11.5 Å². The van der Waals surface area contributed by atoms with Crippen LogP contribution in [-0.2, 0) is 11.2 Å². The van der Waals surface area contributed by atoms with Crippen LogP contribution in [0.2, 0.25) is 0 Å². The molecular weight excluding hydrogens is 277 g/mol. The minimum Gasteiger partial charge on any atom is -0.534 e. The summed E-state index contributed by atoms with van der Waals surface area (Å²) in [4.78, 5) is 22.7. The molecule has 0 saturated heterocycles. The van der Waals surface area contributed by atoms with Gasteiger partial charge in [0.15, 0.2) is 0 Å². The lowest BCUT2D eigenvalue weighted by atomic mass is 9.72. The molecule has 0 aromatic heterocycles. The molecule has 1 atom stereocenters. The summed E-state index contributed by atoms with van der Waals surface area (Å²) < 4.78 is 10.4. The van der Waals surface area contributed by atoms with Gasteiger partial charge in [0.05, 0.1) is 13.1 Å². The lowest BCUT2D eigenvalue weighted by molar-refractivity contribution is -0.121. The summed E-state index contributed by atoms with van der Waals surface area (Å²) in [5.74, 6) is -1.52. The van der Waals surface area contributed by atoms with E-state index in [0.29, 0.717) is 11.3 Å². The van der Waals surface area contributed by atoms with Crippen molar-refractivity contribution in [2.45, 2.75) is 25.7 Å². The van der Waals surface area contributed by atoms with Crippen LogP contribution >= 0.6 is 0 Å². The zero-order valence-corrected chi connectivity index (χ0v) is 11.8. The van der Waals surface area contributed by atoms with Crippen molar-refractivity contribution in [2.75, 3.05) is 7.11 Å². The zero-order chi connectivity index (χ0) is 15.6. The van der Waals surface area contributed by atoms with Gasteiger partial charge in [-0.15, -0.1) is 0 Å². The molecule has 2 rings (SSSR count). The van der Waals surface area contributed by atoms with E-state index in [1.165, 1.54) is 13.2 Å². The molecule has 0 fully saturated rings. The lowest BCUT2D eigenvalue weighted by Gasteiger charge is -2.29. The number of carbonyl (C=O) groups is 2. The third-order valence-corrected chi connectivity index (χ3v) is 3.30. The minimum atomic E-state index is -1.29. The zero-order valence-electron chi connectivity index (χ0n) is 11.8. The van der Waals surface area contributed by atoms with Crippen LogP contribution in [0.25, 0.3) is 0 Å². The molecule has 0 spiro atoms. The van der Waals surface area contributed by atoms with Crippen LogP contribution in [0.1, 0.15) is 29.3 Å². The van der Waals surface area contributed by atoms with Gasteiger partial charge in [0.2, 0.25) is 5.91 Å². The van der Waals surface area contributed by atoms with E-state index in [1.807, 2.05) is 0 Å². The molecule has 1 aliphatic rings. The van der Waals surface area contributed by atoms with E-state index in [-0.39, 0.29) is 30.1 Å². The van der Waals surface area contributed by atoms with Crippen LogP contribution in [0.4, 0.5) is 0 Å². The number of fused-ring (bicyclic) bond motifs is 1. The number of aromatic carboxylic acids is 1. The van der Waals surface area contributed by atoms with Gasteiger partial charge >= 0.3 is 13.1 Å². The van der Waals surface area contributed by atoms with Crippen molar-refractivity contribution < 1.29 is 29.1 Å². The highest BCUT2D eigenvalue weighted by Gasteiger charge is 2.38. The fraction of sp³-hybridized carbons (Fsp3) is 0.385. The number of benzene rings is 1. The number of hydrogen-bond donors (Lipinski definition) is 3. The summed E-state index contributed by atoms with van der Waals surface area (Å²) in [7, 11) is 0.141. The molecule has 21 heavy (non-hydrogen) atoms. The van der Waals surface area contributed by atoms with Crippen LogP contribution in [0.5, 0.6) is 11.5 Å². The summed E-state index contributed by atoms with van der Waals surface area (Å²) in [5, 5.41) is 21.8. The largest absolute Gasteiger partial charge is 0.547 e. The lowest BCUT2D eigenvalue weighted by Crippen LogP contribution is -2.53. The highest BCUT2D eigenvalue weighted by molar-refractivity contribution is 6.47. The van der Waals surface area contributed by atoms with Crippen molar-refractivity contribution in [3.05, 3.63) is 23.3 Å². The Hall–Kier alpha value is -2.22. The number of carbonyl (C=O) groups excluding carboxylic acids is 1. The topological polar surface area (TPSA) is 105 Å². The van der Waals surface area contributed by atoms with Gasteiger partial charge < -0.3 is 24.8 Å². The molecule has 1 amide bonds. The average molecular weight is 293 g/mol. The van der Waals surface area contributed by atoms with E-state index in [4.69, 9.17) is 9.39 Å². The monoisotopic (exact) mass is 293 g/mol. The summed E-state index contributed by atoms with van der Waals surface area (Å²) in [5.41, 5.74) is 0.488. The second-order valence-electron chi connectivity index (χ2n) is 4.71. The molecule has 0 radical (unpaired) electrons. The van der Waals surface area contributed by atoms with Crippen LogP contribution < -0.4 is 14.7 Å². The summed E-state index contributed by atoms with van der Waals surface area (Å²) in [6, 6.07) is 2.97. The van der Waals surface area contributed by atoms with E-state index in [2.05, 4.69) is 5.32 Å². The predicted molar refractivity (Wildman–Crippen MR) is 74.5 cm³/mol. The first kappa shape index (κ1) is 15.2. The van der Waals surface area contributed by atoms with E-state index < -0.39 is 19.0 Å². The summed E-state index contributed by atoms with van der Waals surface area (Å²) in [6.07, 6.45) is 0.550. The number of carboxylic acids is 1. The standard InChI is InChI=1S/C13H16BNO6/c1-3-11(16)15-10-5-7-4-8(20-2)6-9(13(17)18)12(7)21-14(10)19/h4,6,10,19H,3,5H2,1-2H3,(H,15,16)(H,17,18). The Bertz CT molecular complexity index is 576. The van der Waals surface area contributed by atoms with E-state index in [0.717, 1.165) is 0 Å². The highest BCUT2D eigenvalue weighted by atomic mass is 16.5. The maximum Gasteiger partial charge on any atom is 0.547 e.